The summed E-state index contributed by atoms with van der Waals surface area (Å²) in [6.07, 6.45) is 94.1. The Balaban J connectivity index is 4.16. The van der Waals surface area contributed by atoms with E-state index in [9.17, 15) is 14.4 Å². The molecule has 0 amide bonds. The summed E-state index contributed by atoms with van der Waals surface area (Å²) in [5, 5.41) is 0. The molecule has 482 valence electrons. The molecular weight excluding hydrogens is 1020 g/mol. The zero-order valence-electron chi connectivity index (χ0n) is 55.5. The van der Waals surface area contributed by atoms with Crippen molar-refractivity contribution in [3.8, 4) is 0 Å². The van der Waals surface area contributed by atoms with Crippen LogP contribution in [0, 0.1) is 0 Å². The maximum atomic E-state index is 12.9. The topological polar surface area (TPSA) is 78.9 Å². The molecule has 0 fully saturated rings. The molecule has 6 nitrogen and oxygen atoms in total. The lowest BCUT2D eigenvalue weighted by Crippen LogP contribution is -2.30. The highest BCUT2D eigenvalue weighted by Crippen LogP contribution is 2.19. The van der Waals surface area contributed by atoms with E-state index in [4.69, 9.17) is 14.2 Å². The predicted octanol–water partition coefficient (Wildman–Crippen LogP) is 25.2. The molecule has 0 aromatic carbocycles. The summed E-state index contributed by atoms with van der Waals surface area (Å²) in [5.41, 5.74) is 0. The molecule has 1 unspecified atom stereocenters. The fraction of sp³-hybridized carbons (Fsp3) is 0.805. The number of allylic oxidation sites excluding steroid dienone is 12. The highest BCUT2D eigenvalue weighted by Gasteiger charge is 2.19. The quantitative estimate of drug-likeness (QED) is 0.0261. The van der Waals surface area contributed by atoms with Crippen LogP contribution in [0.1, 0.15) is 380 Å². The average molecular weight is 1160 g/mol. The molecule has 0 spiro atoms. The summed E-state index contributed by atoms with van der Waals surface area (Å²) < 4.78 is 16.9. The molecule has 1 atom stereocenters. The second-order valence-corrected chi connectivity index (χ2v) is 24.5. The third-order valence-electron chi connectivity index (χ3n) is 16.2. The van der Waals surface area contributed by atoms with Crippen LogP contribution in [0.2, 0.25) is 0 Å². The minimum atomic E-state index is -0.807. The first-order valence-electron chi connectivity index (χ1n) is 36.4. The molecule has 0 aliphatic rings. The van der Waals surface area contributed by atoms with E-state index in [-0.39, 0.29) is 37.5 Å². The van der Waals surface area contributed by atoms with E-state index >= 15 is 0 Å². The Kier molecular flexibility index (Phi) is 68.6. The Hall–Kier alpha value is -3.15. The van der Waals surface area contributed by atoms with E-state index in [2.05, 4.69) is 87.6 Å². The zero-order chi connectivity index (χ0) is 59.9. The molecule has 6 heteroatoms. The van der Waals surface area contributed by atoms with Gasteiger partial charge in [-0.15, -0.1) is 0 Å². The maximum Gasteiger partial charge on any atom is 0.306 e. The van der Waals surface area contributed by atoms with E-state index in [0.29, 0.717) is 19.3 Å². The number of carbonyl (C=O) groups excluding carboxylic acids is 3. The number of carbonyl (C=O) groups is 3. The van der Waals surface area contributed by atoms with Crippen molar-refractivity contribution in [2.45, 2.75) is 386 Å². The fourth-order valence-electron chi connectivity index (χ4n) is 10.8. The number of rotatable bonds is 67. The number of hydrogen-bond donors (Lipinski definition) is 0. The van der Waals surface area contributed by atoms with E-state index in [1.165, 1.54) is 263 Å². The third kappa shape index (κ3) is 69.5. The van der Waals surface area contributed by atoms with Crippen LogP contribution in [0.3, 0.4) is 0 Å². The van der Waals surface area contributed by atoms with Crippen LogP contribution in [-0.2, 0) is 28.6 Å². The second kappa shape index (κ2) is 71.3. The van der Waals surface area contributed by atoms with Gasteiger partial charge in [-0.05, 0) is 77.0 Å². The Morgan fingerprint density at radius 2 is 0.494 bits per heavy atom. The molecule has 0 aliphatic carbocycles. The largest absolute Gasteiger partial charge is 0.462 e. The van der Waals surface area contributed by atoms with Gasteiger partial charge >= 0.3 is 17.9 Å². The van der Waals surface area contributed by atoms with Gasteiger partial charge in [-0.1, -0.05) is 357 Å². The molecule has 0 aliphatic heterocycles. The van der Waals surface area contributed by atoms with E-state index in [1.807, 2.05) is 6.08 Å². The standard InChI is InChI=1S/C77H138O6/c1-4-7-10-13-16-19-22-25-27-29-31-32-33-34-35-36-37-38-39-40-41-42-43-44-46-47-49-52-55-58-61-64-67-70-76(79)82-73-74(72-81-75(78)69-66-63-60-57-54-51-24-21-18-15-12-9-6-3)83-77(80)71-68-65-62-59-56-53-50-48-45-30-28-26-23-20-17-14-11-8-5-2/h9,12,17-18,20-21,26,28,51,54,60,63,74H,4-8,10-11,13-16,19,22-25,27,29-50,52-53,55-59,61-62,64-73H2,1-3H3/b12-9-,20-17-,21-18-,28-26-,54-51-,63-60-. The first-order valence-corrected chi connectivity index (χ1v) is 36.4. The Labute approximate surface area is 516 Å². The summed E-state index contributed by atoms with van der Waals surface area (Å²) >= 11 is 0. The van der Waals surface area contributed by atoms with Crippen LogP contribution in [0.25, 0.3) is 0 Å². The number of ether oxygens (including phenoxy) is 3. The normalized spacial score (nSPS) is 12.5. The monoisotopic (exact) mass is 1160 g/mol. The number of unbranched alkanes of at least 4 members (excludes halogenated alkanes) is 44. The van der Waals surface area contributed by atoms with Gasteiger partial charge in [-0.3, -0.25) is 14.4 Å². The molecule has 83 heavy (non-hydrogen) atoms. The molecule has 0 heterocycles. The van der Waals surface area contributed by atoms with Crippen molar-refractivity contribution in [3.05, 3.63) is 72.9 Å². The predicted molar refractivity (Wildman–Crippen MR) is 362 cm³/mol. The van der Waals surface area contributed by atoms with Crippen LogP contribution < -0.4 is 0 Å². The van der Waals surface area contributed by atoms with Crippen molar-refractivity contribution in [1.29, 1.82) is 0 Å². The van der Waals surface area contributed by atoms with E-state index in [1.54, 1.807) is 0 Å². The van der Waals surface area contributed by atoms with Crippen molar-refractivity contribution >= 4 is 17.9 Å². The van der Waals surface area contributed by atoms with Gasteiger partial charge in [0.15, 0.2) is 6.10 Å². The van der Waals surface area contributed by atoms with Crippen LogP contribution in [-0.4, -0.2) is 37.2 Å². The molecule has 0 radical (unpaired) electrons. The molecule has 0 bridgehead atoms. The first-order chi connectivity index (χ1) is 41.0. The Morgan fingerprint density at radius 3 is 0.831 bits per heavy atom. The van der Waals surface area contributed by atoms with Crippen molar-refractivity contribution in [2.24, 2.45) is 0 Å². The van der Waals surface area contributed by atoms with Crippen molar-refractivity contribution in [1.82, 2.24) is 0 Å². The van der Waals surface area contributed by atoms with Gasteiger partial charge in [0.2, 0.25) is 0 Å². The van der Waals surface area contributed by atoms with Crippen LogP contribution >= 0.6 is 0 Å². The van der Waals surface area contributed by atoms with Gasteiger partial charge in [0, 0.05) is 19.3 Å². The summed E-state index contributed by atoms with van der Waals surface area (Å²) in [5.74, 6) is -0.967. The van der Waals surface area contributed by atoms with Crippen molar-refractivity contribution in [3.63, 3.8) is 0 Å². The number of esters is 3. The molecule has 0 saturated carbocycles. The molecular formula is C77H138O6. The Morgan fingerprint density at radius 1 is 0.253 bits per heavy atom. The maximum absolute atomic E-state index is 12.9. The molecule has 0 saturated heterocycles. The molecule has 0 N–H and O–H groups in total. The number of hydrogen-bond acceptors (Lipinski definition) is 6. The zero-order valence-corrected chi connectivity index (χ0v) is 55.5. The smallest absolute Gasteiger partial charge is 0.306 e. The summed E-state index contributed by atoms with van der Waals surface area (Å²) in [6, 6.07) is 0. The van der Waals surface area contributed by atoms with Gasteiger partial charge in [0.05, 0.1) is 0 Å². The van der Waals surface area contributed by atoms with Crippen molar-refractivity contribution in [2.75, 3.05) is 13.2 Å². The molecule has 0 aromatic heterocycles. The van der Waals surface area contributed by atoms with Gasteiger partial charge in [0.25, 0.3) is 0 Å². The van der Waals surface area contributed by atoms with Crippen LogP contribution in [0.5, 0.6) is 0 Å². The SMILES string of the molecule is CC/C=C\C/C=C\C/C=C\C/C=C\CCC(=O)OCC(COC(=O)CCCCCCCCCCCCCCCCCCCCCCCCCCCCCCCCCCC)OC(=O)CCCCCCCCCCC/C=C\C/C=C\CCCCC. The minimum Gasteiger partial charge on any atom is -0.462 e. The fourth-order valence-corrected chi connectivity index (χ4v) is 10.8. The molecule has 0 rings (SSSR count). The highest BCUT2D eigenvalue weighted by atomic mass is 16.6. The van der Waals surface area contributed by atoms with Crippen LogP contribution in [0.4, 0.5) is 0 Å². The van der Waals surface area contributed by atoms with Gasteiger partial charge in [-0.25, -0.2) is 0 Å². The lowest BCUT2D eigenvalue weighted by atomic mass is 10.0. The van der Waals surface area contributed by atoms with Gasteiger partial charge in [-0.2, -0.15) is 0 Å². The summed E-state index contributed by atoms with van der Waals surface area (Å²) in [6.45, 7) is 6.49. The van der Waals surface area contributed by atoms with E-state index < -0.39 is 6.10 Å². The summed E-state index contributed by atoms with van der Waals surface area (Å²) in [4.78, 5) is 38.3. The molecule has 0 aromatic rings. The van der Waals surface area contributed by atoms with Gasteiger partial charge < -0.3 is 14.2 Å². The van der Waals surface area contributed by atoms with Crippen molar-refractivity contribution < 1.29 is 28.6 Å². The van der Waals surface area contributed by atoms with E-state index in [0.717, 1.165) is 70.6 Å². The third-order valence-corrected chi connectivity index (χ3v) is 16.2. The lowest BCUT2D eigenvalue weighted by molar-refractivity contribution is -0.166. The second-order valence-electron chi connectivity index (χ2n) is 24.5. The summed E-state index contributed by atoms with van der Waals surface area (Å²) in [7, 11) is 0. The lowest BCUT2D eigenvalue weighted by Gasteiger charge is -2.18. The Bertz CT molecular complexity index is 1520. The van der Waals surface area contributed by atoms with Crippen LogP contribution in [0.15, 0.2) is 72.9 Å². The first kappa shape index (κ1) is 79.8. The highest BCUT2D eigenvalue weighted by molar-refractivity contribution is 5.71. The average Bonchev–Trinajstić information content (AvgIpc) is 3.49. The minimum absolute atomic E-state index is 0.0960. The van der Waals surface area contributed by atoms with Gasteiger partial charge in [0.1, 0.15) is 13.2 Å².